The van der Waals surface area contributed by atoms with Crippen LogP contribution in [0.25, 0.3) is 0 Å². The number of hydrogen-bond donors (Lipinski definition) is 1. The summed E-state index contributed by atoms with van der Waals surface area (Å²) in [6.45, 7) is 2.48. The summed E-state index contributed by atoms with van der Waals surface area (Å²) in [5, 5.41) is 0. The summed E-state index contributed by atoms with van der Waals surface area (Å²) >= 11 is 3.48. The normalized spacial score (nSPS) is 14.2. The van der Waals surface area contributed by atoms with Crippen LogP contribution >= 0.6 is 15.9 Å². The van der Waals surface area contributed by atoms with Gasteiger partial charge in [0.15, 0.2) is 0 Å². The van der Waals surface area contributed by atoms with Crippen LogP contribution in [0.4, 0.5) is 4.39 Å². The minimum absolute atomic E-state index is 0.0390. The van der Waals surface area contributed by atoms with E-state index < -0.39 is 0 Å². The molecule has 0 fully saturated rings. The van der Waals surface area contributed by atoms with Crippen LogP contribution in [0.15, 0.2) is 53.0 Å². The van der Waals surface area contributed by atoms with E-state index in [9.17, 15) is 4.39 Å². The number of likely N-dealkylation sites (N-methyl/N-ethyl adjacent to an activating group) is 1. The Morgan fingerprint density at radius 1 is 1.19 bits per heavy atom. The third-order valence-electron chi connectivity index (χ3n) is 3.91. The molecular weight excluding hydrogens is 331 g/mol. The van der Waals surface area contributed by atoms with Crippen LogP contribution in [0.1, 0.15) is 30.1 Å². The van der Waals surface area contributed by atoms with Crippen LogP contribution < -0.4 is 5.73 Å². The maximum absolute atomic E-state index is 14.0. The van der Waals surface area contributed by atoms with E-state index >= 15 is 0 Å². The number of nitrogens with two attached hydrogens (primary N) is 1. The van der Waals surface area contributed by atoms with E-state index in [2.05, 4.69) is 26.9 Å². The van der Waals surface area contributed by atoms with Crippen molar-refractivity contribution >= 4 is 15.9 Å². The molecule has 0 saturated carbocycles. The Hall–Kier alpha value is -1.23. The van der Waals surface area contributed by atoms with Crippen LogP contribution in [0.5, 0.6) is 0 Å². The van der Waals surface area contributed by atoms with Gasteiger partial charge in [-0.1, -0.05) is 46.3 Å². The topological polar surface area (TPSA) is 29.3 Å². The molecule has 2 nitrogen and oxygen atoms in total. The van der Waals surface area contributed by atoms with Gasteiger partial charge < -0.3 is 5.73 Å². The van der Waals surface area contributed by atoms with Gasteiger partial charge in [-0.25, -0.2) is 4.39 Å². The standard InChI is InChI=1S/C17H20BrFN2/c1-12(15-8-3-4-9-16(15)19)21(2)17(11-20)13-6-5-7-14(18)10-13/h3-10,12,17H,11,20H2,1-2H3. The van der Waals surface area contributed by atoms with Crippen molar-refractivity contribution in [2.75, 3.05) is 13.6 Å². The fourth-order valence-corrected chi connectivity index (χ4v) is 2.97. The highest BCUT2D eigenvalue weighted by atomic mass is 79.9. The first-order valence-corrected chi connectivity index (χ1v) is 7.75. The van der Waals surface area contributed by atoms with Gasteiger partial charge in [-0.2, -0.15) is 0 Å². The number of hydrogen-bond acceptors (Lipinski definition) is 2. The molecule has 2 aromatic carbocycles. The van der Waals surface area contributed by atoms with Crippen molar-refractivity contribution in [1.29, 1.82) is 0 Å². The third kappa shape index (κ3) is 3.70. The minimum Gasteiger partial charge on any atom is -0.329 e. The summed E-state index contributed by atoms with van der Waals surface area (Å²) in [6.07, 6.45) is 0. The van der Waals surface area contributed by atoms with E-state index in [1.807, 2.05) is 44.3 Å². The monoisotopic (exact) mass is 350 g/mol. The summed E-state index contributed by atoms with van der Waals surface area (Å²) in [7, 11) is 1.98. The zero-order chi connectivity index (χ0) is 15.4. The molecule has 4 heteroatoms. The van der Waals surface area contributed by atoms with Gasteiger partial charge in [0.25, 0.3) is 0 Å². The highest BCUT2D eigenvalue weighted by Gasteiger charge is 2.23. The number of benzene rings is 2. The first kappa shape index (κ1) is 16.1. The Morgan fingerprint density at radius 2 is 1.90 bits per heavy atom. The average Bonchev–Trinajstić information content (AvgIpc) is 2.48. The maximum atomic E-state index is 14.0. The van der Waals surface area contributed by atoms with E-state index in [0.29, 0.717) is 12.1 Å². The number of nitrogens with zero attached hydrogens (tertiary/aromatic N) is 1. The van der Waals surface area contributed by atoms with Crippen LogP contribution in [-0.2, 0) is 0 Å². The maximum Gasteiger partial charge on any atom is 0.127 e. The lowest BCUT2D eigenvalue weighted by Crippen LogP contribution is -2.33. The second kappa shape index (κ2) is 7.16. The Morgan fingerprint density at radius 3 is 2.52 bits per heavy atom. The molecule has 0 radical (unpaired) electrons. The van der Waals surface area contributed by atoms with Crippen LogP contribution in [0.3, 0.4) is 0 Å². The molecule has 0 amide bonds. The lowest BCUT2D eigenvalue weighted by atomic mass is 10.0. The Kier molecular flexibility index (Phi) is 5.51. The lowest BCUT2D eigenvalue weighted by molar-refractivity contribution is 0.187. The van der Waals surface area contributed by atoms with Crippen LogP contribution in [0.2, 0.25) is 0 Å². The van der Waals surface area contributed by atoms with Crippen molar-refractivity contribution in [3.05, 3.63) is 69.9 Å². The first-order valence-electron chi connectivity index (χ1n) is 6.96. The van der Waals surface area contributed by atoms with E-state index in [-0.39, 0.29) is 17.9 Å². The predicted octanol–water partition coefficient (Wildman–Crippen LogP) is 4.28. The zero-order valence-corrected chi connectivity index (χ0v) is 13.8. The van der Waals surface area contributed by atoms with Crippen molar-refractivity contribution in [1.82, 2.24) is 4.90 Å². The highest BCUT2D eigenvalue weighted by molar-refractivity contribution is 9.10. The second-order valence-electron chi connectivity index (χ2n) is 5.17. The molecule has 0 aliphatic rings. The molecule has 0 saturated heterocycles. The molecule has 0 spiro atoms. The van der Waals surface area contributed by atoms with Gasteiger partial charge in [0.1, 0.15) is 5.82 Å². The van der Waals surface area contributed by atoms with Crippen molar-refractivity contribution in [3.8, 4) is 0 Å². The Bertz CT molecular complexity index is 603. The summed E-state index contributed by atoms with van der Waals surface area (Å²) in [4.78, 5) is 2.11. The molecule has 0 aromatic heterocycles. The molecule has 112 valence electrons. The first-order chi connectivity index (χ1) is 10.0. The zero-order valence-electron chi connectivity index (χ0n) is 12.3. The Balaban J connectivity index is 2.28. The predicted molar refractivity (Wildman–Crippen MR) is 88.5 cm³/mol. The van der Waals surface area contributed by atoms with Gasteiger partial charge >= 0.3 is 0 Å². The average molecular weight is 351 g/mol. The highest BCUT2D eigenvalue weighted by Crippen LogP contribution is 2.30. The Labute approximate surface area is 133 Å². The van der Waals surface area contributed by atoms with E-state index in [1.54, 1.807) is 6.07 Å². The molecule has 0 bridgehead atoms. The summed E-state index contributed by atoms with van der Waals surface area (Å²) in [5.74, 6) is -0.179. The molecule has 0 aliphatic heterocycles. The number of rotatable bonds is 5. The smallest absolute Gasteiger partial charge is 0.127 e. The molecule has 2 rings (SSSR count). The fraction of sp³-hybridized carbons (Fsp3) is 0.294. The SMILES string of the molecule is CC(c1ccccc1F)N(C)C(CN)c1cccc(Br)c1. The molecule has 21 heavy (non-hydrogen) atoms. The molecular formula is C17H20BrFN2. The molecule has 2 aromatic rings. The van der Waals surface area contributed by atoms with Gasteiger partial charge in [0, 0.05) is 28.7 Å². The fourth-order valence-electron chi connectivity index (χ4n) is 2.55. The van der Waals surface area contributed by atoms with Gasteiger partial charge in [0.2, 0.25) is 0 Å². The van der Waals surface area contributed by atoms with E-state index in [4.69, 9.17) is 5.73 Å². The van der Waals surface area contributed by atoms with Crippen molar-refractivity contribution in [2.24, 2.45) is 5.73 Å². The summed E-state index contributed by atoms with van der Waals surface area (Å²) in [6, 6.07) is 15.0. The van der Waals surface area contributed by atoms with E-state index in [1.165, 1.54) is 6.07 Å². The lowest BCUT2D eigenvalue weighted by Gasteiger charge is -2.33. The molecule has 0 heterocycles. The molecule has 2 atom stereocenters. The molecule has 2 unspecified atom stereocenters. The van der Waals surface area contributed by atoms with Crippen LogP contribution in [0, 0.1) is 5.82 Å². The van der Waals surface area contributed by atoms with Crippen molar-refractivity contribution in [3.63, 3.8) is 0 Å². The molecule has 0 aliphatic carbocycles. The third-order valence-corrected chi connectivity index (χ3v) is 4.41. The summed E-state index contributed by atoms with van der Waals surface area (Å²) in [5.41, 5.74) is 7.77. The van der Waals surface area contributed by atoms with E-state index in [0.717, 1.165) is 10.0 Å². The largest absolute Gasteiger partial charge is 0.329 e. The number of halogens is 2. The van der Waals surface area contributed by atoms with Gasteiger partial charge in [-0.3, -0.25) is 4.90 Å². The second-order valence-corrected chi connectivity index (χ2v) is 6.09. The van der Waals surface area contributed by atoms with Gasteiger partial charge in [0.05, 0.1) is 0 Å². The van der Waals surface area contributed by atoms with Gasteiger partial charge in [-0.15, -0.1) is 0 Å². The van der Waals surface area contributed by atoms with Crippen molar-refractivity contribution < 1.29 is 4.39 Å². The quantitative estimate of drug-likeness (QED) is 0.871. The van der Waals surface area contributed by atoms with Gasteiger partial charge in [-0.05, 0) is 37.7 Å². The minimum atomic E-state index is -0.179. The van der Waals surface area contributed by atoms with Crippen molar-refractivity contribution in [2.45, 2.75) is 19.0 Å². The van der Waals surface area contributed by atoms with Crippen LogP contribution in [-0.4, -0.2) is 18.5 Å². The molecule has 2 N–H and O–H groups in total. The summed E-state index contributed by atoms with van der Waals surface area (Å²) < 4.78 is 15.0.